The van der Waals surface area contributed by atoms with Crippen LogP contribution in [-0.2, 0) is 0 Å². The summed E-state index contributed by atoms with van der Waals surface area (Å²) in [6.07, 6.45) is 0. The Bertz CT molecular complexity index is 5120. The molecule has 0 amide bonds. The highest BCUT2D eigenvalue weighted by atomic mass is 32.2. The maximum Gasteiger partial charge on any atom is 0.257 e. The summed E-state index contributed by atoms with van der Waals surface area (Å²) < 4.78 is 26.4. The fourth-order valence-corrected chi connectivity index (χ4v) is 15.2. The molecule has 0 saturated carbocycles. The molecule has 2 aliphatic rings. The number of benzene rings is 10. The summed E-state index contributed by atoms with van der Waals surface area (Å²) in [7, 11) is 0. The number of aromatic nitrogens is 2. The average molecular weight is 953 g/mol. The van der Waals surface area contributed by atoms with Gasteiger partial charge in [0.2, 0.25) is 0 Å². The molecule has 0 atom stereocenters. The molecule has 0 saturated heterocycles. The number of fused-ring (bicyclic) bond motifs is 25. The highest BCUT2D eigenvalue weighted by Gasteiger charge is 2.46. The molecular weight excluding hydrogens is 924 g/mol. The molecular formula is C62H29BN4O3S2. The van der Waals surface area contributed by atoms with E-state index in [0.717, 1.165) is 151 Å². The van der Waals surface area contributed by atoms with Crippen molar-refractivity contribution in [3.05, 3.63) is 187 Å². The lowest BCUT2D eigenvalue weighted by Gasteiger charge is -2.34. The first-order chi connectivity index (χ1) is 35.6. The van der Waals surface area contributed by atoms with Crippen molar-refractivity contribution in [3.8, 4) is 23.5 Å². The van der Waals surface area contributed by atoms with E-state index in [1.807, 2.05) is 48.5 Å². The lowest BCUT2D eigenvalue weighted by molar-refractivity contribution is 0.657. The maximum atomic E-state index is 10.8. The van der Waals surface area contributed by atoms with Crippen LogP contribution in [0.1, 0.15) is 11.1 Å². The van der Waals surface area contributed by atoms with Crippen LogP contribution in [0, 0.1) is 22.7 Å². The second-order valence-electron chi connectivity index (χ2n) is 18.8. The molecule has 72 heavy (non-hydrogen) atoms. The Morgan fingerprint density at radius 2 is 0.931 bits per heavy atom. The fourth-order valence-electron chi connectivity index (χ4n) is 12.5. The van der Waals surface area contributed by atoms with Crippen molar-refractivity contribution >= 4 is 156 Å². The van der Waals surface area contributed by atoms with Gasteiger partial charge < -0.3 is 22.4 Å². The van der Waals surface area contributed by atoms with Crippen LogP contribution in [0.4, 0.5) is 0 Å². The topological polar surface area (TPSA) is 96.9 Å². The number of nitrogens with zero attached hydrogens (tertiary/aromatic N) is 4. The Morgan fingerprint density at radius 1 is 0.417 bits per heavy atom. The van der Waals surface area contributed by atoms with E-state index < -0.39 is 6.71 Å². The third kappa shape index (κ3) is 4.78. The van der Waals surface area contributed by atoms with E-state index in [2.05, 4.69) is 149 Å². The monoisotopic (exact) mass is 952 g/mol. The zero-order valence-corrected chi connectivity index (χ0v) is 39.3. The van der Waals surface area contributed by atoms with Crippen LogP contribution in [0.2, 0.25) is 0 Å². The number of rotatable bonds is 2. The summed E-state index contributed by atoms with van der Waals surface area (Å²) in [5, 5.41) is 31.3. The van der Waals surface area contributed by atoms with Crippen LogP contribution < -0.4 is 16.4 Å². The summed E-state index contributed by atoms with van der Waals surface area (Å²) >= 11 is 3.52. The molecule has 10 aromatic carbocycles. The van der Waals surface area contributed by atoms with Gasteiger partial charge in [0.25, 0.3) is 6.71 Å². The van der Waals surface area contributed by atoms with Gasteiger partial charge >= 0.3 is 0 Å². The molecule has 0 radical (unpaired) electrons. The molecule has 0 unspecified atom stereocenters. The van der Waals surface area contributed by atoms with Crippen LogP contribution in [0.25, 0.3) is 121 Å². The third-order valence-corrected chi connectivity index (χ3v) is 17.6. The van der Waals surface area contributed by atoms with Crippen LogP contribution in [-0.4, -0.2) is 15.8 Å². The van der Waals surface area contributed by atoms with Crippen molar-refractivity contribution in [1.82, 2.24) is 9.13 Å². The second kappa shape index (κ2) is 13.8. The van der Waals surface area contributed by atoms with Crippen LogP contribution in [0.3, 0.4) is 0 Å². The number of nitriles is 2. The minimum atomic E-state index is -0.390. The standard InChI is InChI=1S/C62H29BN4O3S2/c64-30-32-25-26-44-40(27-32)35-14-2-8-20-42(35)66(44)34-28-48-54-49(29-34)72-62-56(59-52(38-17-5-11-23-46(38)69-59)53-39-18-6-12-24-47(39)70-60(53)62)63(54)55-58-51(37-16-4-10-22-45(37)68-58)50-36-15-3-9-21-43(36)67(57(50)61(55)71-48)41-19-7-1-13-33(41)31-65/h1-29H. The predicted molar refractivity (Wildman–Crippen MR) is 292 cm³/mol. The minimum absolute atomic E-state index is 0.390. The molecule has 0 spiro atoms. The Balaban J connectivity index is 1.10. The minimum Gasteiger partial charge on any atom is -0.457 e. The van der Waals surface area contributed by atoms with Gasteiger partial charge in [0.15, 0.2) is 0 Å². The van der Waals surface area contributed by atoms with Crippen molar-refractivity contribution in [3.63, 3.8) is 0 Å². The van der Waals surface area contributed by atoms with Crippen molar-refractivity contribution in [2.75, 3.05) is 0 Å². The average Bonchev–Trinajstić information content (AvgIpc) is 4.25. The molecule has 0 bridgehead atoms. The van der Waals surface area contributed by atoms with Gasteiger partial charge in [-0.15, -0.1) is 0 Å². The largest absolute Gasteiger partial charge is 0.457 e. The molecule has 0 N–H and O–H groups in total. The Labute approximate surface area is 416 Å². The molecule has 5 aromatic heterocycles. The summed E-state index contributed by atoms with van der Waals surface area (Å²) in [5.74, 6) is 0. The van der Waals surface area contributed by atoms with Gasteiger partial charge in [-0.25, -0.2) is 0 Å². The Morgan fingerprint density at radius 3 is 1.60 bits per heavy atom. The molecule has 0 aliphatic carbocycles. The van der Waals surface area contributed by atoms with E-state index in [9.17, 15) is 10.5 Å². The Hall–Kier alpha value is -9.06. The van der Waals surface area contributed by atoms with Crippen molar-refractivity contribution < 1.29 is 13.3 Å². The molecule has 17 rings (SSSR count). The van der Waals surface area contributed by atoms with Gasteiger partial charge in [-0.3, -0.25) is 0 Å². The lowest BCUT2D eigenvalue weighted by atomic mass is 9.36. The SMILES string of the molecule is N#Cc1ccc2c(c1)c1ccccc1n2-c1cc2c3c(c1)Sc1c(c4oc5ccccc5c4c4c5ccccc5n(-c5ccccc5C#N)c14)B3c1c(c3oc4ccccc4c3c3c1oc1ccccc13)S2. The van der Waals surface area contributed by atoms with Crippen LogP contribution >= 0.6 is 23.5 Å². The van der Waals surface area contributed by atoms with Gasteiger partial charge in [-0.1, -0.05) is 127 Å². The lowest BCUT2D eigenvalue weighted by Crippen LogP contribution is -2.58. The second-order valence-corrected chi connectivity index (χ2v) is 20.9. The zero-order valence-electron chi connectivity index (χ0n) is 37.7. The van der Waals surface area contributed by atoms with E-state index in [0.29, 0.717) is 11.1 Å². The quantitative estimate of drug-likeness (QED) is 0.159. The van der Waals surface area contributed by atoms with Gasteiger partial charge in [0.1, 0.15) is 39.6 Å². The van der Waals surface area contributed by atoms with E-state index in [1.54, 1.807) is 23.5 Å². The molecule has 10 heteroatoms. The van der Waals surface area contributed by atoms with Crippen LogP contribution in [0.15, 0.2) is 209 Å². The summed E-state index contributed by atoms with van der Waals surface area (Å²) in [4.78, 5) is 4.27. The maximum absolute atomic E-state index is 10.8. The number of hydrogen-bond acceptors (Lipinski definition) is 7. The van der Waals surface area contributed by atoms with Gasteiger partial charge in [0, 0.05) is 74.2 Å². The molecule has 2 aliphatic heterocycles. The van der Waals surface area contributed by atoms with Crippen LogP contribution in [0.5, 0.6) is 0 Å². The first-order valence-electron chi connectivity index (χ1n) is 23.8. The van der Waals surface area contributed by atoms with E-state index >= 15 is 0 Å². The number of furan rings is 3. The van der Waals surface area contributed by atoms with Gasteiger partial charge in [-0.2, -0.15) is 10.5 Å². The predicted octanol–water partition coefficient (Wildman–Crippen LogP) is 14.8. The highest BCUT2D eigenvalue weighted by Crippen LogP contribution is 2.53. The third-order valence-electron chi connectivity index (χ3n) is 15.3. The number of para-hydroxylation sites is 6. The van der Waals surface area contributed by atoms with E-state index in [-0.39, 0.29) is 0 Å². The zero-order chi connectivity index (χ0) is 47.1. The first-order valence-corrected chi connectivity index (χ1v) is 25.4. The van der Waals surface area contributed by atoms with Crippen molar-refractivity contribution in [2.45, 2.75) is 19.6 Å². The first kappa shape index (κ1) is 38.8. The van der Waals surface area contributed by atoms with Gasteiger partial charge in [0.05, 0.1) is 49.8 Å². The molecule has 330 valence electrons. The summed E-state index contributed by atoms with van der Waals surface area (Å²) in [6, 6.07) is 65.7. The molecule has 0 fully saturated rings. The van der Waals surface area contributed by atoms with Crippen molar-refractivity contribution in [2.24, 2.45) is 0 Å². The highest BCUT2D eigenvalue weighted by molar-refractivity contribution is 8.01. The fraction of sp³-hybridized carbons (Fsp3) is 0. The molecule has 7 nitrogen and oxygen atoms in total. The van der Waals surface area contributed by atoms with Crippen molar-refractivity contribution in [1.29, 1.82) is 10.5 Å². The summed E-state index contributed by atoms with van der Waals surface area (Å²) in [6.45, 7) is -0.390. The number of hydrogen-bond donors (Lipinski definition) is 0. The van der Waals surface area contributed by atoms with E-state index in [1.165, 1.54) is 5.46 Å². The van der Waals surface area contributed by atoms with E-state index in [4.69, 9.17) is 13.3 Å². The normalized spacial score (nSPS) is 13.1. The Kier molecular flexibility index (Phi) is 7.45. The van der Waals surface area contributed by atoms with Gasteiger partial charge in [-0.05, 0) is 89.2 Å². The molecule has 15 aromatic rings. The smallest absolute Gasteiger partial charge is 0.257 e. The summed E-state index contributed by atoms with van der Waals surface area (Å²) in [5.41, 5.74) is 15.3. The molecule has 7 heterocycles.